The van der Waals surface area contributed by atoms with Crippen molar-refractivity contribution in [3.8, 4) is 0 Å². The molecule has 0 saturated carbocycles. The molecule has 178 valence electrons. The fourth-order valence-corrected chi connectivity index (χ4v) is 6.30. The van der Waals surface area contributed by atoms with Crippen LogP contribution in [-0.4, -0.2) is 29.8 Å². The average Bonchev–Trinajstić information content (AvgIpc) is 3.19. The topological polar surface area (TPSA) is 98.0 Å². The summed E-state index contributed by atoms with van der Waals surface area (Å²) in [5.74, 6) is -0.713. The van der Waals surface area contributed by atoms with Crippen LogP contribution < -0.4 is 9.86 Å². The molecule has 3 heterocycles. The SMILES string of the molecule is CC1Cc2ccccc2N1S(=O)(=O)c1cccc(C(=O)OCc2cc(=O)n3cc(Br)ccc3n2)c1. The van der Waals surface area contributed by atoms with Crippen molar-refractivity contribution in [1.29, 1.82) is 0 Å². The minimum atomic E-state index is -3.89. The first-order valence-electron chi connectivity index (χ1n) is 10.8. The van der Waals surface area contributed by atoms with E-state index in [1.807, 2.05) is 19.1 Å². The number of aromatic nitrogens is 2. The molecule has 1 unspecified atom stereocenters. The Labute approximate surface area is 210 Å². The zero-order valence-corrected chi connectivity index (χ0v) is 21.0. The van der Waals surface area contributed by atoms with E-state index in [1.165, 1.54) is 39.0 Å². The highest BCUT2D eigenvalue weighted by Crippen LogP contribution is 2.36. The lowest BCUT2D eigenvalue weighted by Gasteiger charge is -2.24. The molecule has 35 heavy (non-hydrogen) atoms. The Morgan fingerprint density at radius 1 is 1.11 bits per heavy atom. The number of anilines is 1. The number of benzene rings is 2. The van der Waals surface area contributed by atoms with E-state index in [0.29, 0.717) is 17.8 Å². The van der Waals surface area contributed by atoms with E-state index in [1.54, 1.807) is 30.5 Å². The van der Waals surface area contributed by atoms with Gasteiger partial charge in [0.25, 0.3) is 15.6 Å². The number of para-hydroxylation sites is 1. The predicted octanol–water partition coefficient (Wildman–Crippen LogP) is 3.95. The molecule has 4 aromatic rings. The highest BCUT2D eigenvalue weighted by Gasteiger charge is 2.36. The van der Waals surface area contributed by atoms with E-state index in [4.69, 9.17) is 4.74 Å². The summed E-state index contributed by atoms with van der Waals surface area (Å²) >= 11 is 3.31. The highest BCUT2D eigenvalue weighted by atomic mass is 79.9. The Morgan fingerprint density at radius 2 is 1.91 bits per heavy atom. The summed E-state index contributed by atoms with van der Waals surface area (Å²) in [7, 11) is -3.89. The molecule has 0 amide bonds. The summed E-state index contributed by atoms with van der Waals surface area (Å²) in [4.78, 5) is 29.4. The van der Waals surface area contributed by atoms with Crippen molar-refractivity contribution < 1.29 is 17.9 Å². The van der Waals surface area contributed by atoms with Crippen LogP contribution >= 0.6 is 15.9 Å². The lowest BCUT2D eigenvalue weighted by atomic mass is 10.1. The van der Waals surface area contributed by atoms with Crippen molar-refractivity contribution in [3.05, 3.63) is 105 Å². The molecule has 0 bridgehead atoms. The van der Waals surface area contributed by atoms with Gasteiger partial charge in [-0.2, -0.15) is 0 Å². The first-order chi connectivity index (χ1) is 16.7. The molecule has 0 aliphatic carbocycles. The molecule has 2 aromatic carbocycles. The number of carbonyl (C=O) groups excluding carboxylic acids is 1. The second-order valence-electron chi connectivity index (χ2n) is 8.25. The lowest BCUT2D eigenvalue weighted by molar-refractivity contribution is 0.0467. The van der Waals surface area contributed by atoms with E-state index in [9.17, 15) is 18.0 Å². The Kier molecular flexibility index (Phi) is 5.94. The summed E-state index contributed by atoms with van der Waals surface area (Å²) < 4.78 is 35.8. The Hall–Kier alpha value is -3.50. The molecule has 0 saturated heterocycles. The van der Waals surface area contributed by atoms with E-state index in [2.05, 4.69) is 20.9 Å². The van der Waals surface area contributed by atoms with Gasteiger partial charge >= 0.3 is 5.97 Å². The Morgan fingerprint density at radius 3 is 2.74 bits per heavy atom. The van der Waals surface area contributed by atoms with Gasteiger partial charge in [0.15, 0.2) is 0 Å². The third-order valence-electron chi connectivity index (χ3n) is 5.80. The maximum Gasteiger partial charge on any atom is 0.338 e. The number of ether oxygens (including phenoxy) is 1. The molecule has 2 aromatic heterocycles. The first-order valence-corrected chi connectivity index (χ1v) is 13.0. The Balaban J connectivity index is 1.37. The Bertz CT molecular complexity index is 1630. The smallest absolute Gasteiger partial charge is 0.338 e. The quantitative estimate of drug-likeness (QED) is 0.347. The molecule has 8 nitrogen and oxygen atoms in total. The number of hydrogen-bond acceptors (Lipinski definition) is 6. The highest BCUT2D eigenvalue weighted by molar-refractivity contribution is 9.10. The fourth-order valence-electron chi connectivity index (χ4n) is 4.22. The normalized spacial score (nSPS) is 15.3. The zero-order chi connectivity index (χ0) is 24.7. The molecule has 1 atom stereocenters. The van der Waals surface area contributed by atoms with Crippen LogP contribution in [0.2, 0.25) is 0 Å². The number of carbonyl (C=O) groups is 1. The summed E-state index contributed by atoms with van der Waals surface area (Å²) in [6.07, 6.45) is 2.22. The second kappa shape index (κ2) is 8.94. The number of esters is 1. The van der Waals surface area contributed by atoms with Crippen molar-refractivity contribution >= 4 is 43.3 Å². The van der Waals surface area contributed by atoms with Crippen LogP contribution in [0.1, 0.15) is 28.5 Å². The van der Waals surface area contributed by atoms with Crippen LogP contribution in [0.15, 0.2) is 87.1 Å². The number of nitrogens with zero attached hydrogens (tertiary/aromatic N) is 3. The standard InChI is InChI=1S/C25H20BrN3O5S/c1-16-11-17-5-2-3-8-22(17)29(16)35(32,33)21-7-4-6-18(12-21)25(31)34-15-20-13-24(30)28-14-19(26)9-10-23(28)27-20/h2-10,12-14,16H,11,15H2,1H3. The van der Waals surface area contributed by atoms with Crippen LogP contribution in [0.5, 0.6) is 0 Å². The van der Waals surface area contributed by atoms with E-state index in [0.717, 1.165) is 10.0 Å². The number of sulfonamides is 1. The van der Waals surface area contributed by atoms with Gasteiger partial charge in [-0.15, -0.1) is 0 Å². The van der Waals surface area contributed by atoms with Gasteiger partial charge < -0.3 is 4.74 Å². The number of rotatable bonds is 5. The second-order valence-corrected chi connectivity index (χ2v) is 11.0. The summed E-state index contributed by atoms with van der Waals surface area (Å²) in [6.45, 7) is 1.63. The number of fused-ring (bicyclic) bond motifs is 2. The largest absolute Gasteiger partial charge is 0.456 e. The third kappa shape index (κ3) is 4.35. The summed E-state index contributed by atoms with van der Waals surface area (Å²) in [6, 6.07) is 17.6. The fraction of sp³-hybridized carbons (Fsp3) is 0.160. The van der Waals surface area contributed by atoms with Crippen LogP contribution in [0.25, 0.3) is 5.65 Å². The molecule has 5 rings (SSSR count). The van der Waals surface area contributed by atoms with Gasteiger partial charge in [-0.25, -0.2) is 18.2 Å². The van der Waals surface area contributed by atoms with Crippen LogP contribution in [0.3, 0.4) is 0 Å². The molecule has 1 aliphatic heterocycles. The van der Waals surface area contributed by atoms with Gasteiger partial charge in [0.05, 0.1) is 21.8 Å². The van der Waals surface area contributed by atoms with Gasteiger partial charge in [0, 0.05) is 22.8 Å². The summed E-state index contributed by atoms with van der Waals surface area (Å²) in [5.41, 5.74) is 2.10. The lowest BCUT2D eigenvalue weighted by Crippen LogP contribution is -2.35. The predicted molar refractivity (Wildman–Crippen MR) is 134 cm³/mol. The number of pyridine rings is 1. The van der Waals surface area contributed by atoms with E-state index in [-0.39, 0.29) is 34.4 Å². The molecule has 0 spiro atoms. The van der Waals surface area contributed by atoms with Crippen LogP contribution in [0, 0.1) is 0 Å². The minimum absolute atomic E-state index is 0.00292. The van der Waals surface area contributed by atoms with Gasteiger partial charge in [0.2, 0.25) is 0 Å². The van der Waals surface area contributed by atoms with Crippen molar-refractivity contribution in [3.63, 3.8) is 0 Å². The van der Waals surface area contributed by atoms with E-state index >= 15 is 0 Å². The summed E-state index contributed by atoms with van der Waals surface area (Å²) in [5, 5.41) is 0. The van der Waals surface area contributed by atoms with Gasteiger partial charge in [0.1, 0.15) is 12.3 Å². The van der Waals surface area contributed by atoms with Crippen molar-refractivity contribution in [2.75, 3.05) is 4.31 Å². The zero-order valence-electron chi connectivity index (χ0n) is 18.6. The number of halogens is 1. The molecule has 10 heteroatoms. The van der Waals surface area contributed by atoms with Crippen molar-refractivity contribution in [2.24, 2.45) is 0 Å². The van der Waals surface area contributed by atoms with Gasteiger partial charge in [-0.05, 0) is 71.2 Å². The maximum absolute atomic E-state index is 13.5. The minimum Gasteiger partial charge on any atom is -0.456 e. The van der Waals surface area contributed by atoms with Crippen LogP contribution in [-0.2, 0) is 27.8 Å². The van der Waals surface area contributed by atoms with E-state index < -0.39 is 16.0 Å². The molecule has 0 fully saturated rings. The molecule has 0 radical (unpaired) electrons. The monoisotopic (exact) mass is 553 g/mol. The van der Waals surface area contributed by atoms with Gasteiger partial charge in [-0.1, -0.05) is 24.3 Å². The molecule has 1 aliphatic rings. The molecular formula is C25H20BrN3O5S. The van der Waals surface area contributed by atoms with Crippen molar-refractivity contribution in [2.45, 2.75) is 30.9 Å². The van der Waals surface area contributed by atoms with Crippen LogP contribution in [0.4, 0.5) is 5.69 Å². The molecule has 0 N–H and O–H groups in total. The maximum atomic E-state index is 13.5. The van der Waals surface area contributed by atoms with Gasteiger partial charge in [-0.3, -0.25) is 13.5 Å². The first kappa shape index (κ1) is 23.3. The average molecular weight is 554 g/mol. The molecular weight excluding hydrogens is 534 g/mol. The number of hydrogen-bond donors (Lipinski definition) is 0. The van der Waals surface area contributed by atoms with Crippen molar-refractivity contribution in [1.82, 2.24) is 9.38 Å². The third-order valence-corrected chi connectivity index (χ3v) is 8.19.